The number of aromatic nitrogens is 1. The molecular weight excluding hydrogens is 306 g/mol. The molecule has 2 aromatic rings. The molecule has 0 bridgehead atoms. The van der Waals surface area contributed by atoms with Gasteiger partial charge in [0.2, 0.25) is 5.91 Å². The third-order valence-corrected chi connectivity index (χ3v) is 5.04. The number of thiazole rings is 1. The molecule has 122 valence electrons. The third-order valence-electron chi connectivity index (χ3n) is 4.16. The molecule has 2 heterocycles. The summed E-state index contributed by atoms with van der Waals surface area (Å²) in [6.45, 7) is 4.57. The summed E-state index contributed by atoms with van der Waals surface area (Å²) in [5.74, 6) is 0.0419. The summed E-state index contributed by atoms with van der Waals surface area (Å²) >= 11 is 1.54. The zero-order valence-corrected chi connectivity index (χ0v) is 14.4. The van der Waals surface area contributed by atoms with Gasteiger partial charge in [0.25, 0.3) is 0 Å². The van der Waals surface area contributed by atoms with Crippen molar-refractivity contribution in [3.63, 3.8) is 0 Å². The summed E-state index contributed by atoms with van der Waals surface area (Å²) in [5, 5.41) is 3.66. The van der Waals surface area contributed by atoms with E-state index in [1.165, 1.54) is 25.7 Å². The van der Waals surface area contributed by atoms with Gasteiger partial charge in [-0.05, 0) is 32.9 Å². The topological polar surface area (TPSA) is 45.2 Å². The first kappa shape index (κ1) is 16.1. The van der Waals surface area contributed by atoms with E-state index in [1.54, 1.807) is 11.3 Å². The molecule has 1 aliphatic rings. The van der Waals surface area contributed by atoms with Crippen LogP contribution in [0.4, 0.5) is 5.13 Å². The number of likely N-dealkylation sites (tertiary alicyclic amines) is 1. The van der Waals surface area contributed by atoms with E-state index < -0.39 is 0 Å². The third kappa shape index (κ3) is 4.39. The van der Waals surface area contributed by atoms with E-state index in [9.17, 15) is 4.79 Å². The zero-order valence-electron chi connectivity index (χ0n) is 13.5. The molecule has 0 radical (unpaired) electrons. The molecule has 0 atom stereocenters. The highest BCUT2D eigenvalue weighted by atomic mass is 32.1. The maximum absolute atomic E-state index is 12.3. The first-order chi connectivity index (χ1) is 11.2. The van der Waals surface area contributed by atoms with Crippen molar-refractivity contribution < 1.29 is 4.79 Å². The lowest BCUT2D eigenvalue weighted by Crippen LogP contribution is -2.33. The van der Waals surface area contributed by atoms with Crippen LogP contribution in [0.5, 0.6) is 0 Å². The van der Waals surface area contributed by atoms with Crippen LogP contribution in [0.25, 0.3) is 11.3 Å². The average Bonchev–Trinajstić information content (AvgIpc) is 2.74. The molecule has 0 unspecified atom stereocenters. The van der Waals surface area contributed by atoms with Gasteiger partial charge in [0.1, 0.15) is 0 Å². The number of nitrogens with one attached hydrogen (secondary N) is 1. The Morgan fingerprint density at radius 2 is 1.87 bits per heavy atom. The molecule has 5 heteroatoms. The fourth-order valence-corrected chi connectivity index (χ4v) is 3.82. The Hall–Kier alpha value is -1.72. The highest BCUT2D eigenvalue weighted by molar-refractivity contribution is 7.16. The Labute approximate surface area is 141 Å². The van der Waals surface area contributed by atoms with E-state index in [2.05, 4.69) is 15.2 Å². The fourth-order valence-electron chi connectivity index (χ4n) is 2.97. The maximum Gasteiger partial charge on any atom is 0.240 e. The predicted molar refractivity (Wildman–Crippen MR) is 95.8 cm³/mol. The van der Waals surface area contributed by atoms with Gasteiger partial charge < -0.3 is 5.32 Å². The summed E-state index contributed by atoms with van der Waals surface area (Å²) in [4.78, 5) is 20.2. The van der Waals surface area contributed by atoms with Gasteiger partial charge in [0.05, 0.1) is 12.2 Å². The number of nitrogens with zero attached hydrogens (tertiary/aromatic N) is 2. The van der Waals surface area contributed by atoms with Crippen LogP contribution < -0.4 is 5.32 Å². The van der Waals surface area contributed by atoms with Crippen molar-refractivity contribution in [3.8, 4) is 11.3 Å². The number of hydrogen-bond acceptors (Lipinski definition) is 4. The van der Waals surface area contributed by atoms with Crippen LogP contribution in [0.2, 0.25) is 0 Å². The monoisotopic (exact) mass is 329 g/mol. The molecule has 0 saturated carbocycles. The molecule has 4 nitrogen and oxygen atoms in total. The van der Waals surface area contributed by atoms with Crippen LogP contribution in [0.15, 0.2) is 30.3 Å². The van der Waals surface area contributed by atoms with Gasteiger partial charge in [-0.3, -0.25) is 9.69 Å². The molecule has 1 fully saturated rings. The highest BCUT2D eigenvalue weighted by Gasteiger charge is 2.15. The van der Waals surface area contributed by atoms with Gasteiger partial charge >= 0.3 is 0 Å². The summed E-state index contributed by atoms with van der Waals surface area (Å²) < 4.78 is 0. The number of aryl methyl sites for hydroxylation is 1. The van der Waals surface area contributed by atoms with E-state index in [0.717, 1.165) is 29.2 Å². The summed E-state index contributed by atoms with van der Waals surface area (Å²) in [7, 11) is 0. The van der Waals surface area contributed by atoms with Crippen LogP contribution >= 0.6 is 11.3 Å². The second kappa shape index (κ2) is 7.70. The van der Waals surface area contributed by atoms with Gasteiger partial charge in [0.15, 0.2) is 5.13 Å². The number of benzene rings is 1. The molecule has 1 N–H and O–H groups in total. The number of amides is 1. The summed E-state index contributed by atoms with van der Waals surface area (Å²) in [5.41, 5.74) is 2.05. The Morgan fingerprint density at radius 3 is 2.57 bits per heavy atom. The number of rotatable bonds is 4. The number of carbonyl (C=O) groups is 1. The Morgan fingerprint density at radius 1 is 1.17 bits per heavy atom. The molecule has 0 spiro atoms. The van der Waals surface area contributed by atoms with Gasteiger partial charge in [-0.1, -0.05) is 43.2 Å². The number of anilines is 1. The van der Waals surface area contributed by atoms with Crippen LogP contribution in [-0.2, 0) is 4.79 Å². The fraction of sp³-hybridized carbons (Fsp3) is 0.444. The normalized spacial score (nSPS) is 16.0. The number of hydrogen-bond donors (Lipinski definition) is 1. The SMILES string of the molecule is Cc1sc(NC(=O)CN2CCCCCC2)nc1-c1ccccc1. The molecule has 1 aliphatic heterocycles. The van der Waals surface area contributed by atoms with Gasteiger partial charge in [-0.25, -0.2) is 4.98 Å². The first-order valence-corrected chi connectivity index (χ1v) is 9.09. The molecule has 0 aliphatic carbocycles. The first-order valence-electron chi connectivity index (χ1n) is 8.27. The lowest BCUT2D eigenvalue weighted by molar-refractivity contribution is -0.117. The molecular formula is C18H23N3OS. The molecule has 3 rings (SSSR count). The predicted octanol–water partition coefficient (Wildman–Crippen LogP) is 3.93. The average molecular weight is 329 g/mol. The van der Waals surface area contributed by atoms with Crippen molar-refractivity contribution in [2.45, 2.75) is 32.6 Å². The quantitative estimate of drug-likeness (QED) is 0.924. The second-order valence-electron chi connectivity index (χ2n) is 6.03. The Balaban J connectivity index is 1.63. The largest absolute Gasteiger partial charge is 0.301 e. The minimum Gasteiger partial charge on any atom is -0.301 e. The molecule has 23 heavy (non-hydrogen) atoms. The maximum atomic E-state index is 12.3. The molecule has 1 aromatic heterocycles. The summed E-state index contributed by atoms with van der Waals surface area (Å²) in [6, 6.07) is 10.1. The van der Waals surface area contributed by atoms with Crippen molar-refractivity contribution in [3.05, 3.63) is 35.2 Å². The minimum atomic E-state index is 0.0419. The van der Waals surface area contributed by atoms with E-state index in [1.807, 2.05) is 37.3 Å². The van der Waals surface area contributed by atoms with Crippen molar-refractivity contribution in [2.75, 3.05) is 25.0 Å². The number of carbonyl (C=O) groups excluding carboxylic acids is 1. The van der Waals surface area contributed by atoms with Crippen LogP contribution in [0, 0.1) is 6.92 Å². The van der Waals surface area contributed by atoms with Crippen LogP contribution in [0.1, 0.15) is 30.6 Å². The second-order valence-corrected chi connectivity index (χ2v) is 7.23. The molecule has 1 aromatic carbocycles. The molecule has 1 saturated heterocycles. The highest BCUT2D eigenvalue weighted by Crippen LogP contribution is 2.30. The zero-order chi connectivity index (χ0) is 16.1. The minimum absolute atomic E-state index is 0.0419. The Kier molecular flexibility index (Phi) is 5.41. The standard InChI is InChI=1S/C18H23N3OS/c1-14-17(15-9-5-4-6-10-15)20-18(23-14)19-16(22)13-21-11-7-2-3-8-12-21/h4-6,9-10H,2-3,7-8,11-13H2,1H3,(H,19,20,22). The van der Waals surface area contributed by atoms with Gasteiger partial charge in [0, 0.05) is 10.4 Å². The van der Waals surface area contributed by atoms with Crippen molar-refractivity contribution in [2.24, 2.45) is 0 Å². The van der Waals surface area contributed by atoms with Crippen molar-refractivity contribution >= 4 is 22.4 Å². The van der Waals surface area contributed by atoms with E-state index in [4.69, 9.17) is 0 Å². The van der Waals surface area contributed by atoms with Crippen LogP contribution in [0.3, 0.4) is 0 Å². The lowest BCUT2D eigenvalue weighted by Gasteiger charge is -2.18. The van der Waals surface area contributed by atoms with Crippen LogP contribution in [-0.4, -0.2) is 35.4 Å². The van der Waals surface area contributed by atoms with E-state index >= 15 is 0 Å². The van der Waals surface area contributed by atoms with E-state index in [0.29, 0.717) is 11.7 Å². The molecule has 1 amide bonds. The van der Waals surface area contributed by atoms with Crippen molar-refractivity contribution in [1.82, 2.24) is 9.88 Å². The Bertz CT molecular complexity index is 646. The van der Waals surface area contributed by atoms with E-state index in [-0.39, 0.29) is 5.91 Å². The lowest BCUT2D eigenvalue weighted by atomic mass is 10.1. The van der Waals surface area contributed by atoms with Gasteiger partial charge in [-0.2, -0.15) is 0 Å². The summed E-state index contributed by atoms with van der Waals surface area (Å²) in [6.07, 6.45) is 4.96. The van der Waals surface area contributed by atoms with Crippen molar-refractivity contribution in [1.29, 1.82) is 0 Å². The van der Waals surface area contributed by atoms with Gasteiger partial charge in [-0.15, -0.1) is 11.3 Å². The smallest absolute Gasteiger partial charge is 0.240 e.